The lowest BCUT2D eigenvalue weighted by atomic mass is 9.96. The van der Waals surface area contributed by atoms with Crippen LogP contribution < -0.4 is 0 Å². The molecule has 0 spiro atoms. The molecule has 0 N–H and O–H groups in total. The van der Waals surface area contributed by atoms with E-state index in [2.05, 4.69) is 29.8 Å². The minimum absolute atomic E-state index is 0.942. The number of hydrogen-bond donors (Lipinski definition) is 0. The van der Waals surface area contributed by atoms with Gasteiger partial charge in [-0.1, -0.05) is 107 Å². The molecule has 1 heteroatoms. The highest BCUT2D eigenvalue weighted by molar-refractivity contribution is 9.09. The van der Waals surface area contributed by atoms with Crippen molar-refractivity contribution in [1.29, 1.82) is 0 Å². The van der Waals surface area contributed by atoms with Crippen LogP contribution in [0.25, 0.3) is 0 Å². The molecule has 0 amide bonds. The van der Waals surface area contributed by atoms with Crippen LogP contribution in [0.3, 0.4) is 0 Å². The van der Waals surface area contributed by atoms with E-state index in [-0.39, 0.29) is 0 Å². The summed E-state index contributed by atoms with van der Waals surface area (Å²) in [5, 5.41) is 1.22. The lowest BCUT2D eigenvalue weighted by Crippen LogP contribution is -2.02. The van der Waals surface area contributed by atoms with E-state index < -0.39 is 0 Å². The lowest BCUT2D eigenvalue weighted by Gasteiger charge is -2.13. The molecule has 0 fully saturated rings. The Bertz CT molecular complexity index is 156. The van der Waals surface area contributed by atoms with Gasteiger partial charge in [-0.25, -0.2) is 0 Å². The van der Waals surface area contributed by atoms with Gasteiger partial charge >= 0.3 is 0 Å². The SMILES string of the molecule is CCCCCCCCCCC(CBr)CCCCCC. The van der Waals surface area contributed by atoms with Crippen molar-refractivity contribution in [2.45, 2.75) is 104 Å². The fourth-order valence-corrected chi connectivity index (χ4v) is 3.37. The van der Waals surface area contributed by atoms with Gasteiger partial charge in [0.25, 0.3) is 0 Å². The van der Waals surface area contributed by atoms with E-state index in [1.54, 1.807) is 0 Å². The van der Waals surface area contributed by atoms with Crippen molar-refractivity contribution in [3.63, 3.8) is 0 Å². The molecule has 0 aliphatic carbocycles. The monoisotopic (exact) mass is 332 g/mol. The maximum atomic E-state index is 3.70. The smallest absolute Gasteiger partial charge is 0.00596 e. The van der Waals surface area contributed by atoms with Gasteiger partial charge in [0.2, 0.25) is 0 Å². The molecule has 1 atom stereocenters. The van der Waals surface area contributed by atoms with Crippen molar-refractivity contribution in [3.05, 3.63) is 0 Å². The summed E-state index contributed by atoms with van der Waals surface area (Å²) in [5.74, 6) is 0.942. The van der Waals surface area contributed by atoms with Crippen LogP contribution in [-0.4, -0.2) is 5.33 Å². The highest BCUT2D eigenvalue weighted by atomic mass is 79.9. The maximum Gasteiger partial charge on any atom is 0.00596 e. The highest BCUT2D eigenvalue weighted by Crippen LogP contribution is 2.20. The summed E-state index contributed by atoms with van der Waals surface area (Å²) in [6.07, 6.45) is 20.1. The average molecular weight is 333 g/mol. The van der Waals surface area contributed by atoms with Crippen molar-refractivity contribution < 1.29 is 0 Å². The van der Waals surface area contributed by atoms with Crippen molar-refractivity contribution in [3.8, 4) is 0 Å². The fraction of sp³-hybridized carbons (Fsp3) is 1.00. The Labute approximate surface area is 131 Å². The Morgan fingerprint density at radius 3 is 1.37 bits per heavy atom. The molecule has 0 radical (unpaired) electrons. The predicted octanol–water partition coefficient (Wildman–Crippen LogP) is 7.50. The second kappa shape index (κ2) is 16.5. The molecule has 0 aromatic carbocycles. The number of unbranched alkanes of at least 4 members (excludes halogenated alkanes) is 10. The van der Waals surface area contributed by atoms with E-state index in [9.17, 15) is 0 Å². The van der Waals surface area contributed by atoms with E-state index in [1.165, 1.54) is 95.2 Å². The van der Waals surface area contributed by atoms with Crippen LogP contribution in [0.5, 0.6) is 0 Å². The highest BCUT2D eigenvalue weighted by Gasteiger charge is 2.06. The van der Waals surface area contributed by atoms with Crippen molar-refractivity contribution >= 4 is 15.9 Å². The molecule has 0 rings (SSSR count). The second-order valence-corrected chi connectivity index (χ2v) is 6.78. The molecule has 0 saturated carbocycles. The molecule has 0 aromatic heterocycles. The summed E-state index contributed by atoms with van der Waals surface area (Å²) in [5.41, 5.74) is 0. The van der Waals surface area contributed by atoms with Crippen LogP contribution in [0.1, 0.15) is 104 Å². The predicted molar refractivity (Wildman–Crippen MR) is 93.3 cm³/mol. The van der Waals surface area contributed by atoms with Crippen LogP contribution in [0.2, 0.25) is 0 Å². The summed E-state index contributed by atoms with van der Waals surface area (Å²) < 4.78 is 0. The number of alkyl halides is 1. The van der Waals surface area contributed by atoms with Crippen molar-refractivity contribution in [1.82, 2.24) is 0 Å². The van der Waals surface area contributed by atoms with E-state index in [1.807, 2.05) is 0 Å². The summed E-state index contributed by atoms with van der Waals surface area (Å²) in [7, 11) is 0. The molecule has 0 aliphatic rings. The van der Waals surface area contributed by atoms with Crippen molar-refractivity contribution in [2.24, 2.45) is 5.92 Å². The van der Waals surface area contributed by atoms with Crippen LogP contribution in [0.15, 0.2) is 0 Å². The summed E-state index contributed by atoms with van der Waals surface area (Å²) in [6, 6.07) is 0. The average Bonchev–Trinajstić information content (AvgIpc) is 2.44. The van der Waals surface area contributed by atoms with Gasteiger partial charge in [-0.2, -0.15) is 0 Å². The Morgan fingerprint density at radius 1 is 0.579 bits per heavy atom. The van der Waals surface area contributed by atoms with Gasteiger partial charge < -0.3 is 0 Å². The number of hydrogen-bond acceptors (Lipinski definition) is 0. The van der Waals surface area contributed by atoms with Gasteiger partial charge in [0.05, 0.1) is 0 Å². The van der Waals surface area contributed by atoms with Crippen LogP contribution in [-0.2, 0) is 0 Å². The Morgan fingerprint density at radius 2 is 0.947 bits per heavy atom. The van der Waals surface area contributed by atoms with Crippen LogP contribution >= 0.6 is 15.9 Å². The molecule has 0 bridgehead atoms. The number of halogens is 1. The topological polar surface area (TPSA) is 0 Å². The van der Waals surface area contributed by atoms with Crippen LogP contribution in [0, 0.1) is 5.92 Å². The zero-order valence-electron chi connectivity index (χ0n) is 13.6. The molecule has 0 aromatic rings. The third-order valence-corrected chi connectivity index (χ3v) is 5.07. The largest absolute Gasteiger partial charge is 0.0925 e. The van der Waals surface area contributed by atoms with E-state index >= 15 is 0 Å². The lowest BCUT2D eigenvalue weighted by molar-refractivity contribution is 0.441. The Hall–Kier alpha value is 0.480. The van der Waals surface area contributed by atoms with Gasteiger partial charge in [0, 0.05) is 5.33 Å². The summed E-state index contributed by atoms with van der Waals surface area (Å²) in [4.78, 5) is 0. The molecule has 19 heavy (non-hydrogen) atoms. The van der Waals surface area contributed by atoms with E-state index in [0.29, 0.717) is 0 Å². The van der Waals surface area contributed by atoms with Gasteiger partial charge in [-0.05, 0) is 18.8 Å². The first-order chi connectivity index (χ1) is 9.35. The van der Waals surface area contributed by atoms with Crippen molar-refractivity contribution in [2.75, 3.05) is 5.33 Å². The Balaban J connectivity index is 3.26. The normalized spacial score (nSPS) is 12.8. The van der Waals surface area contributed by atoms with Gasteiger partial charge in [-0.3, -0.25) is 0 Å². The fourth-order valence-electron chi connectivity index (χ4n) is 2.73. The zero-order chi connectivity index (χ0) is 14.2. The maximum absolute atomic E-state index is 3.70. The molecule has 0 aliphatic heterocycles. The molecule has 0 saturated heterocycles. The van der Waals surface area contributed by atoms with Gasteiger partial charge in [0.15, 0.2) is 0 Å². The van der Waals surface area contributed by atoms with E-state index in [0.717, 1.165) is 5.92 Å². The first kappa shape index (κ1) is 19.5. The third kappa shape index (κ3) is 14.7. The summed E-state index contributed by atoms with van der Waals surface area (Å²) in [6.45, 7) is 4.59. The first-order valence-corrected chi connectivity index (χ1v) is 10.0. The second-order valence-electron chi connectivity index (χ2n) is 6.13. The van der Waals surface area contributed by atoms with E-state index in [4.69, 9.17) is 0 Å². The minimum atomic E-state index is 0.942. The standard InChI is InChI=1S/C18H37Br/c1-3-5-7-9-10-11-12-14-16-18(17-19)15-13-8-6-4-2/h18H,3-17H2,1-2H3. The Kier molecular flexibility index (Phi) is 17.0. The summed E-state index contributed by atoms with van der Waals surface area (Å²) >= 11 is 3.70. The zero-order valence-corrected chi connectivity index (χ0v) is 15.1. The molecule has 116 valence electrons. The van der Waals surface area contributed by atoms with Gasteiger partial charge in [0.1, 0.15) is 0 Å². The third-order valence-electron chi connectivity index (χ3n) is 4.15. The quantitative estimate of drug-likeness (QED) is 0.215. The molecular formula is C18H37Br. The number of rotatable bonds is 15. The molecule has 0 heterocycles. The minimum Gasteiger partial charge on any atom is -0.0925 e. The molecule has 0 nitrogen and oxygen atoms in total. The molecule has 1 unspecified atom stereocenters. The molecular weight excluding hydrogens is 296 g/mol. The first-order valence-electron chi connectivity index (χ1n) is 8.91. The van der Waals surface area contributed by atoms with Gasteiger partial charge in [-0.15, -0.1) is 0 Å². The van der Waals surface area contributed by atoms with Crippen LogP contribution in [0.4, 0.5) is 0 Å².